The van der Waals surface area contributed by atoms with Crippen molar-refractivity contribution in [3.63, 3.8) is 0 Å². The highest BCUT2D eigenvalue weighted by Crippen LogP contribution is 2.24. The summed E-state index contributed by atoms with van der Waals surface area (Å²) in [5.74, 6) is -0.331. The molecular formula is C33H40BrN3O4S. The van der Waals surface area contributed by atoms with Crippen LogP contribution in [0.15, 0.2) is 83.3 Å². The lowest BCUT2D eigenvalue weighted by Gasteiger charge is -2.33. The number of carbonyl (C=O) groups is 2. The van der Waals surface area contributed by atoms with Crippen molar-refractivity contribution in [2.24, 2.45) is 0 Å². The van der Waals surface area contributed by atoms with Gasteiger partial charge in [0.15, 0.2) is 0 Å². The Bertz CT molecular complexity index is 1460. The lowest BCUT2D eigenvalue weighted by molar-refractivity contribution is -0.141. The lowest BCUT2D eigenvalue weighted by atomic mass is 10.0. The van der Waals surface area contributed by atoms with E-state index >= 15 is 0 Å². The number of para-hydroxylation sites is 1. The third kappa shape index (κ3) is 8.91. The first-order chi connectivity index (χ1) is 20.1. The molecule has 0 unspecified atom stereocenters. The molecule has 9 heteroatoms. The molecule has 0 radical (unpaired) electrons. The fourth-order valence-corrected chi connectivity index (χ4v) is 7.05. The van der Waals surface area contributed by atoms with E-state index < -0.39 is 16.1 Å². The highest BCUT2D eigenvalue weighted by Gasteiger charge is 2.32. The number of sulfonamides is 1. The fourth-order valence-electron chi connectivity index (χ4n) is 5.58. The maximum atomic E-state index is 14.0. The van der Waals surface area contributed by atoms with Crippen LogP contribution in [-0.4, -0.2) is 50.0 Å². The van der Waals surface area contributed by atoms with E-state index in [4.69, 9.17) is 0 Å². The molecule has 0 saturated heterocycles. The minimum Gasteiger partial charge on any atom is -0.352 e. The second-order valence-electron chi connectivity index (χ2n) is 11.1. The summed E-state index contributed by atoms with van der Waals surface area (Å²) < 4.78 is 27.7. The van der Waals surface area contributed by atoms with Crippen LogP contribution in [0.1, 0.15) is 55.2 Å². The van der Waals surface area contributed by atoms with Crippen molar-refractivity contribution in [3.05, 3.63) is 100 Å². The molecule has 224 valence electrons. The molecule has 0 aromatic heterocycles. The molecule has 1 N–H and O–H groups in total. The Morgan fingerprint density at radius 2 is 1.62 bits per heavy atom. The van der Waals surface area contributed by atoms with Crippen LogP contribution in [0.5, 0.6) is 0 Å². The van der Waals surface area contributed by atoms with E-state index in [9.17, 15) is 18.0 Å². The molecule has 42 heavy (non-hydrogen) atoms. The van der Waals surface area contributed by atoms with Crippen molar-refractivity contribution in [1.82, 2.24) is 10.2 Å². The Morgan fingerprint density at radius 1 is 0.952 bits per heavy atom. The van der Waals surface area contributed by atoms with Gasteiger partial charge in [0.1, 0.15) is 6.04 Å². The highest BCUT2D eigenvalue weighted by atomic mass is 79.9. The maximum Gasteiger partial charge on any atom is 0.243 e. The molecule has 1 aliphatic rings. The summed E-state index contributed by atoms with van der Waals surface area (Å²) in [7, 11) is -3.56. The van der Waals surface area contributed by atoms with Gasteiger partial charge >= 0.3 is 0 Å². The lowest BCUT2D eigenvalue weighted by Crippen LogP contribution is -2.52. The standard InChI is InChI=1S/C33H40BrN3O4S/c1-25-12-6-9-19-30(25)37(42(2,40)41)21-11-20-32(38)36(24-27-15-10-16-28(34)22-27)31(23-26-13-4-3-5-14-26)33(39)35-29-17-7-8-18-29/h3-6,9-10,12-16,19,22,29,31H,7-8,11,17-18,20-21,23-24H2,1-2H3,(H,35,39)/t31-/m0/s1. The molecule has 0 bridgehead atoms. The van der Waals surface area contributed by atoms with Crippen LogP contribution in [0.25, 0.3) is 0 Å². The molecule has 1 fully saturated rings. The van der Waals surface area contributed by atoms with Crippen molar-refractivity contribution >= 4 is 43.5 Å². The zero-order valence-electron chi connectivity index (χ0n) is 24.3. The third-order valence-corrected chi connectivity index (χ3v) is 9.42. The number of nitrogens with one attached hydrogen (secondary N) is 1. The first-order valence-electron chi connectivity index (χ1n) is 14.5. The number of halogens is 1. The summed E-state index contributed by atoms with van der Waals surface area (Å²) in [4.78, 5) is 29.5. The zero-order chi connectivity index (χ0) is 30.1. The number of hydrogen-bond donors (Lipinski definition) is 1. The normalized spacial score (nSPS) is 14.4. The van der Waals surface area contributed by atoms with E-state index in [1.54, 1.807) is 11.0 Å². The van der Waals surface area contributed by atoms with Gasteiger partial charge in [0.25, 0.3) is 0 Å². The van der Waals surface area contributed by atoms with Gasteiger partial charge in [0, 0.05) is 36.4 Å². The zero-order valence-corrected chi connectivity index (χ0v) is 26.7. The summed E-state index contributed by atoms with van der Waals surface area (Å²) in [6, 6.07) is 24.2. The van der Waals surface area contributed by atoms with E-state index in [-0.39, 0.29) is 37.4 Å². The molecule has 1 atom stereocenters. The largest absolute Gasteiger partial charge is 0.352 e. The van der Waals surface area contributed by atoms with Gasteiger partial charge in [-0.05, 0) is 61.1 Å². The van der Waals surface area contributed by atoms with E-state index in [1.165, 1.54) is 10.6 Å². The number of amides is 2. The second-order valence-corrected chi connectivity index (χ2v) is 13.9. The Labute approximate surface area is 258 Å². The monoisotopic (exact) mass is 653 g/mol. The Hall–Kier alpha value is -3.17. The molecular weight excluding hydrogens is 614 g/mol. The number of rotatable bonds is 13. The van der Waals surface area contributed by atoms with Gasteiger partial charge < -0.3 is 10.2 Å². The van der Waals surface area contributed by atoms with Gasteiger partial charge in [-0.25, -0.2) is 8.42 Å². The van der Waals surface area contributed by atoms with Gasteiger partial charge in [-0.15, -0.1) is 0 Å². The molecule has 0 heterocycles. The first kappa shape index (κ1) is 31.8. The number of anilines is 1. The molecule has 0 spiro atoms. The predicted octanol–water partition coefficient (Wildman–Crippen LogP) is 6.00. The molecule has 2 amide bonds. The second kappa shape index (κ2) is 14.8. The van der Waals surface area contributed by atoms with Gasteiger partial charge in [-0.2, -0.15) is 0 Å². The summed E-state index contributed by atoms with van der Waals surface area (Å²) in [5.41, 5.74) is 3.33. The van der Waals surface area contributed by atoms with E-state index in [0.29, 0.717) is 18.5 Å². The average molecular weight is 655 g/mol. The van der Waals surface area contributed by atoms with Crippen LogP contribution in [0, 0.1) is 6.92 Å². The van der Waals surface area contributed by atoms with Crippen LogP contribution in [-0.2, 0) is 32.6 Å². The molecule has 7 nitrogen and oxygen atoms in total. The van der Waals surface area contributed by atoms with Gasteiger partial charge in [-0.1, -0.05) is 89.4 Å². The van der Waals surface area contributed by atoms with Crippen molar-refractivity contribution in [3.8, 4) is 0 Å². The van der Waals surface area contributed by atoms with Crippen molar-refractivity contribution < 1.29 is 18.0 Å². The quantitative estimate of drug-likeness (QED) is 0.245. The smallest absolute Gasteiger partial charge is 0.243 e. The van der Waals surface area contributed by atoms with E-state index in [2.05, 4.69) is 21.2 Å². The number of benzene rings is 3. The average Bonchev–Trinajstić information content (AvgIpc) is 3.46. The Balaban J connectivity index is 1.59. The van der Waals surface area contributed by atoms with E-state index in [1.807, 2.05) is 79.7 Å². The van der Waals surface area contributed by atoms with E-state index in [0.717, 1.165) is 46.8 Å². The van der Waals surface area contributed by atoms with Gasteiger partial charge in [-0.3, -0.25) is 13.9 Å². The molecule has 3 aromatic carbocycles. The molecule has 0 aliphatic heterocycles. The number of aryl methyl sites for hydroxylation is 1. The third-order valence-electron chi connectivity index (χ3n) is 7.75. The van der Waals surface area contributed by atoms with Crippen molar-refractivity contribution in [2.75, 3.05) is 17.1 Å². The molecule has 4 rings (SSSR count). The topological polar surface area (TPSA) is 86.8 Å². The Kier molecular flexibility index (Phi) is 11.2. The maximum absolute atomic E-state index is 14.0. The number of nitrogens with zero attached hydrogens (tertiary/aromatic N) is 2. The van der Waals surface area contributed by atoms with Crippen molar-refractivity contribution in [2.45, 2.75) is 70.5 Å². The number of hydrogen-bond acceptors (Lipinski definition) is 4. The SMILES string of the molecule is Cc1ccccc1N(CCCC(=O)N(Cc1cccc(Br)c1)[C@@H](Cc1ccccc1)C(=O)NC1CCCC1)S(C)(=O)=O. The molecule has 3 aromatic rings. The number of carbonyl (C=O) groups excluding carboxylic acids is 2. The minimum absolute atomic E-state index is 0.105. The molecule has 1 aliphatic carbocycles. The van der Waals surface area contributed by atoms with Crippen molar-refractivity contribution in [1.29, 1.82) is 0 Å². The van der Waals surface area contributed by atoms with Crippen LogP contribution in [0.4, 0.5) is 5.69 Å². The highest BCUT2D eigenvalue weighted by molar-refractivity contribution is 9.10. The summed E-state index contributed by atoms with van der Waals surface area (Å²) in [5, 5.41) is 3.22. The van der Waals surface area contributed by atoms with Crippen LogP contribution in [0.2, 0.25) is 0 Å². The predicted molar refractivity (Wildman–Crippen MR) is 172 cm³/mol. The summed E-state index contributed by atoms with van der Waals surface area (Å²) in [6.07, 6.45) is 6.07. The van der Waals surface area contributed by atoms with Gasteiger partial charge in [0.05, 0.1) is 11.9 Å². The first-order valence-corrected chi connectivity index (χ1v) is 17.2. The molecule has 1 saturated carbocycles. The van der Waals surface area contributed by atoms with Crippen LogP contribution < -0.4 is 9.62 Å². The van der Waals surface area contributed by atoms with Crippen LogP contribution >= 0.6 is 15.9 Å². The van der Waals surface area contributed by atoms with Crippen LogP contribution in [0.3, 0.4) is 0 Å². The fraction of sp³-hybridized carbons (Fsp3) is 0.394. The van der Waals surface area contributed by atoms with Gasteiger partial charge in [0.2, 0.25) is 21.8 Å². The minimum atomic E-state index is -3.56. The Morgan fingerprint density at radius 3 is 2.29 bits per heavy atom. The summed E-state index contributed by atoms with van der Waals surface area (Å²) in [6.45, 7) is 2.30. The summed E-state index contributed by atoms with van der Waals surface area (Å²) >= 11 is 3.53.